The number of furan rings is 1. The zero-order chi connectivity index (χ0) is 16.5. The largest absolute Gasteiger partial charge is 0.497 e. The predicted molar refractivity (Wildman–Crippen MR) is 91.8 cm³/mol. The molecule has 0 bridgehead atoms. The standard InChI is InChI=1S/C19H16N2O3/c1-3-16-20-17-14-9-4-5-10-15(14)24-18(17)19(21-16)23-13-8-6-7-12(11-13)22-2/h4-11H,3H2,1-2H3. The summed E-state index contributed by atoms with van der Waals surface area (Å²) in [6, 6.07) is 15.2. The highest BCUT2D eigenvalue weighted by atomic mass is 16.5. The Kier molecular flexibility index (Phi) is 3.54. The molecule has 2 aromatic heterocycles. The minimum Gasteiger partial charge on any atom is -0.497 e. The van der Waals surface area contributed by atoms with E-state index in [0.29, 0.717) is 29.5 Å². The van der Waals surface area contributed by atoms with Crippen LogP contribution in [0.2, 0.25) is 0 Å². The van der Waals surface area contributed by atoms with Crippen LogP contribution in [0.1, 0.15) is 12.7 Å². The van der Waals surface area contributed by atoms with Gasteiger partial charge in [0, 0.05) is 17.9 Å². The van der Waals surface area contributed by atoms with Gasteiger partial charge in [0.25, 0.3) is 5.88 Å². The van der Waals surface area contributed by atoms with Crippen molar-refractivity contribution < 1.29 is 13.9 Å². The molecule has 24 heavy (non-hydrogen) atoms. The van der Waals surface area contributed by atoms with E-state index in [1.54, 1.807) is 7.11 Å². The molecule has 0 atom stereocenters. The summed E-state index contributed by atoms with van der Waals surface area (Å²) in [5, 5.41) is 0.958. The maximum absolute atomic E-state index is 5.98. The van der Waals surface area contributed by atoms with Gasteiger partial charge in [-0.15, -0.1) is 0 Å². The van der Waals surface area contributed by atoms with E-state index in [2.05, 4.69) is 9.97 Å². The van der Waals surface area contributed by atoms with Crippen LogP contribution in [0, 0.1) is 0 Å². The van der Waals surface area contributed by atoms with Crippen LogP contribution in [0.4, 0.5) is 0 Å². The number of benzene rings is 2. The molecule has 4 aromatic rings. The third kappa shape index (κ3) is 2.44. The number of para-hydroxylation sites is 1. The second-order valence-corrected chi connectivity index (χ2v) is 5.36. The number of rotatable bonds is 4. The Labute approximate surface area is 138 Å². The molecule has 5 heteroatoms. The second-order valence-electron chi connectivity index (χ2n) is 5.36. The molecule has 0 amide bonds. The first-order valence-electron chi connectivity index (χ1n) is 7.78. The number of aromatic nitrogens is 2. The van der Waals surface area contributed by atoms with Gasteiger partial charge in [-0.3, -0.25) is 0 Å². The van der Waals surface area contributed by atoms with Gasteiger partial charge in [0.15, 0.2) is 0 Å². The van der Waals surface area contributed by atoms with Gasteiger partial charge in [0.05, 0.1) is 7.11 Å². The van der Waals surface area contributed by atoms with E-state index >= 15 is 0 Å². The van der Waals surface area contributed by atoms with Crippen LogP contribution in [0.15, 0.2) is 52.9 Å². The molecule has 0 saturated carbocycles. The third-order valence-corrected chi connectivity index (χ3v) is 3.81. The van der Waals surface area contributed by atoms with E-state index in [1.165, 1.54) is 0 Å². The molecule has 0 aliphatic rings. The van der Waals surface area contributed by atoms with Crippen molar-refractivity contribution >= 4 is 22.1 Å². The van der Waals surface area contributed by atoms with Gasteiger partial charge >= 0.3 is 0 Å². The van der Waals surface area contributed by atoms with Crippen molar-refractivity contribution in [1.29, 1.82) is 0 Å². The Morgan fingerprint density at radius 1 is 1.00 bits per heavy atom. The molecule has 0 aliphatic heterocycles. The maximum Gasteiger partial charge on any atom is 0.267 e. The highest BCUT2D eigenvalue weighted by Crippen LogP contribution is 2.35. The Bertz CT molecular complexity index is 1020. The molecule has 0 N–H and O–H groups in total. The Balaban J connectivity index is 1.89. The zero-order valence-electron chi connectivity index (χ0n) is 13.4. The molecule has 0 fully saturated rings. The number of nitrogens with zero attached hydrogens (tertiary/aromatic N) is 2. The minimum absolute atomic E-state index is 0.418. The van der Waals surface area contributed by atoms with Gasteiger partial charge in [0.1, 0.15) is 28.4 Å². The van der Waals surface area contributed by atoms with Gasteiger partial charge < -0.3 is 13.9 Å². The van der Waals surface area contributed by atoms with E-state index in [1.807, 2.05) is 55.5 Å². The number of methoxy groups -OCH3 is 1. The number of aryl methyl sites for hydroxylation is 1. The minimum atomic E-state index is 0.418. The van der Waals surface area contributed by atoms with Crippen molar-refractivity contribution in [3.8, 4) is 17.4 Å². The van der Waals surface area contributed by atoms with Gasteiger partial charge in [-0.05, 0) is 24.3 Å². The van der Waals surface area contributed by atoms with Crippen molar-refractivity contribution in [2.45, 2.75) is 13.3 Å². The third-order valence-electron chi connectivity index (χ3n) is 3.81. The van der Waals surface area contributed by atoms with Crippen LogP contribution in [-0.4, -0.2) is 17.1 Å². The first-order chi connectivity index (χ1) is 11.8. The van der Waals surface area contributed by atoms with Crippen molar-refractivity contribution in [3.05, 3.63) is 54.4 Å². The summed E-state index contributed by atoms with van der Waals surface area (Å²) in [7, 11) is 1.62. The summed E-state index contributed by atoms with van der Waals surface area (Å²) in [4.78, 5) is 9.11. The lowest BCUT2D eigenvalue weighted by Crippen LogP contribution is -1.97. The predicted octanol–water partition coefficient (Wildman–Crippen LogP) is 4.74. The van der Waals surface area contributed by atoms with Crippen molar-refractivity contribution in [3.63, 3.8) is 0 Å². The van der Waals surface area contributed by atoms with Gasteiger partial charge in [-0.2, -0.15) is 4.98 Å². The Morgan fingerprint density at radius 3 is 2.67 bits per heavy atom. The summed E-state index contributed by atoms with van der Waals surface area (Å²) < 4.78 is 17.1. The van der Waals surface area contributed by atoms with Gasteiger partial charge in [0.2, 0.25) is 5.58 Å². The van der Waals surface area contributed by atoms with Gasteiger partial charge in [-0.1, -0.05) is 25.1 Å². The van der Waals surface area contributed by atoms with Gasteiger partial charge in [-0.25, -0.2) is 4.98 Å². The molecule has 0 aliphatic carbocycles. The van der Waals surface area contributed by atoms with Crippen molar-refractivity contribution in [2.24, 2.45) is 0 Å². The van der Waals surface area contributed by atoms with Crippen LogP contribution >= 0.6 is 0 Å². The summed E-state index contributed by atoms with van der Waals surface area (Å²) in [6.07, 6.45) is 0.712. The van der Waals surface area contributed by atoms with Crippen molar-refractivity contribution in [2.75, 3.05) is 7.11 Å². The lowest BCUT2D eigenvalue weighted by molar-refractivity contribution is 0.406. The summed E-state index contributed by atoms with van der Waals surface area (Å²) >= 11 is 0. The van der Waals surface area contributed by atoms with Crippen LogP contribution in [0.5, 0.6) is 17.4 Å². The molecule has 2 heterocycles. The topological polar surface area (TPSA) is 57.4 Å². The maximum atomic E-state index is 5.98. The molecular formula is C19H16N2O3. The molecule has 120 valence electrons. The molecule has 0 saturated heterocycles. The number of fused-ring (bicyclic) bond motifs is 3. The summed E-state index contributed by atoms with van der Waals surface area (Å²) in [5.74, 6) is 2.49. The first kappa shape index (κ1) is 14.5. The van der Waals surface area contributed by atoms with E-state index < -0.39 is 0 Å². The van der Waals surface area contributed by atoms with E-state index in [-0.39, 0.29) is 0 Å². The van der Waals surface area contributed by atoms with Crippen LogP contribution in [0.25, 0.3) is 22.1 Å². The highest BCUT2D eigenvalue weighted by Gasteiger charge is 2.17. The second kappa shape index (κ2) is 5.85. The monoisotopic (exact) mass is 320 g/mol. The van der Waals surface area contributed by atoms with Crippen molar-refractivity contribution in [1.82, 2.24) is 9.97 Å². The Morgan fingerprint density at radius 2 is 1.83 bits per heavy atom. The molecule has 0 radical (unpaired) electrons. The fourth-order valence-electron chi connectivity index (χ4n) is 2.61. The van der Waals surface area contributed by atoms with Crippen LogP contribution in [0.3, 0.4) is 0 Å². The fourth-order valence-corrected chi connectivity index (χ4v) is 2.61. The van der Waals surface area contributed by atoms with Crippen LogP contribution < -0.4 is 9.47 Å². The normalized spacial score (nSPS) is 11.1. The molecule has 4 rings (SSSR count). The molecular weight excluding hydrogens is 304 g/mol. The van der Waals surface area contributed by atoms with E-state index in [0.717, 1.165) is 22.2 Å². The molecule has 5 nitrogen and oxygen atoms in total. The quantitative estimate of drug-likeness (QED) is 0.543. The average Bonchev–Trinajstić information content (AvgIpc) is 3.01. The molecule has 2 aromatic carbocycles. The fraction of sp³-hybridized carbons (Fsp3) is 0.158. The summed E-state index contributed by atoms with van der Waals surface area (Å²) in [5.41, 5.74) is 2.09. The molecule has 0 unspecified atom stereocenters. The molecule has 0 spiro atoms. The lowest BCUT2D eigenvalue weighted by atomic mass is 10.2. The SMILES string of the molecule is CCc1nc(Oc2cccc(OC)c2)c2oc3ccccc3c2n1. The van der Waals surface area contributed by atoms with E-state index in [9.17, 15) is 0 Å². The van der Waals surface area contributed by atoms with E-state index in [4.69, 9.17) is 13.9 Å². The highest BCUT2D eigenvalue weighted by molar-refractivity contribution is 6.03. The number of hydrogen-bond acceptors (Lipinski definition) is 5. The lowest BCUT2D eigenvalue weighted by Gasteiger charge is -2.07. The van der Waals surface area contributed by atoms with Crippen LogP contribution in [-0.2, 0) is 6.42 Å². The Hall–Kier alpha value is -3.08. The zero-order valence-corrected chi connectivity index (χ0v) is 13.4. The smallest absolute Gasteiger partial charge is 0.267 e. The number of ether oxygens (including phenoxy) is 2. The number of hydrogen-bond donors (Lipinski definition) is 0. The average molecular weight is 320 g/mol. The first-order valence-corrected chi connectivity index (χ1v) is 7.78. The summed E-state index contributed by atoms with van der Waals surface area (Å²) in [6.45, 7) is 2.01.